The second kappa shape index (κ2) is 4.26. The molecule has 1 heterocycles. The number of halogens is 2. The van der Waals surface area contributed by atoms with Crippen LogP contribution in [-0.2, 0) is 12.0 Å². The van der Waals surface area contributed by atoms with Crippen molar-refractivity contribution in [1.82, 2.24) is 0 Å². The number of alkyl halides is 2. The van der Waals surface area contributed by atoms with Crippen molar-refractivity contribution in [1.29, 1.82) is 0 Å². The first kappa shape index (κ1) is 12.3. The van der Waals surface area contributed by atoms with Crippen LogP contribution in [0.15, 0.2) is 18.2 Å². The van der Waals surface area contributed by atoms with Crippen molar-refractivity contribution < 1.29 is 8.78 Å². The lowest BCUT2D eigenvalue weighted by Gasteiger charge is -2.25. The van der Waals surface area contributed by atoms with Crippen LogP contribution in [0.1, 0.15) is 25.0 Å². The van der Waals surface area contributed by atoms with Gasteiger partial charge in [0.05, 0.1) is 5.54 Å². The Morgan fingerprint density at radius 2 is 2.18 bits per heavy atom. The summed E-state index contributed by atoms with van der Waals surface area (Å²) in [5.74, 6) is 0. The van der Waals surface area contributed by atoms with Gasteiger partial charge in [0.25, 0.3) is 6.43 Å². The number of fused-ring (bicyclic) bond motifs is 1. The zero-order valence-corrected chi connectivity index (χ0v) is 10.2. The smallest absolute Gasteiger partial charge is 0.260 e. The van der Waals surface area contributed by atoms with Crippen LogP contribution >= 0.6 is 0 Å². The van der Waals surface area contributed by atoms with Gasteiger partial charge in [-0.15, -0.1) is 0 Å². The van der Waals surface area contributed by atoms with Crippen LogP contribution in [0.3, 0.4) is 0 Å². The second-order valence-corrected chi connectivity index (χ2v) is 4.76. The largest absolute Gasteiger partial charge is 0.371 e. The molecule has 1 aliphatic rings. The van der Waals surface area contributed by atoms with Crippen LogP contribution in [0.2, 0.25) is 0 Å². The minimum atomic E-state index is -2.55. The number of rotatable bonds is 3. The Hall–Kier alpha value is -1.16. The number of anilines is 1. The van der Waals surface area contributed by atoms with Gasteiger partial charge in [0.1, 0.15) is 0 Å². The quantitative estimate of drug-likeness (QED) is 0.879. The maximum atomic E-state index is 12.9. The molecule has 0 aromatic heterocycles. The summed E-state index contributed by atoms with van der Waals surface area (Å²) < 4.78 is 25.7. The lowest BCUT2D eigenvalue weighted by Crippen LogP contribution is -2.40. The Morgan fingerprint density at radius 1 is 1.47 bits per heavy atom. The van der Waals surface area contributed by atoms with Crippen LogP contribution in [0.5, 0.6) is 0 Å². The fraction of sp³-hybridized carbons (Fsp3) is 0.538. The predicted molar refractivity (Wildman–Crippen MR) is 65.6 cm³/mol. The molecular weight excluding hydrogens is 222 g/mol. The maximum absolute atomic E-state index is 12.9. The highest BCUT2D eigenvalue weighted by Crippen LogP contribution is 2.33. The van der Waals surface area contributed by atoms with Crippen molar-refractivity contribution in [2.45, 2.75) is 32.2 Å². The number of likely N-dealkylation sites (N-methyl/N-ethyl adjacent to an activating group) is 1. The van der Waals surface area contributed by atoms with Crippen LogP contribution in [0.4, 0.5) is 14.5 Å². The first-order valence-corrected chi connectivity index (χ1v) is 5.92. The highest BCUT2D eigenvalue weighted by Gasteiger charge is 2.33. The average Bonchev–Trinajstić information content (AvgIpc) is 2.70. The Balaban J connectivity index is 2.36. The van der Waals surface area contributed by atoms with E-state index in [1.54, 1.807) is 6.07 Å². The van der Waals surface area contributed by atoms with Gasteiger partial charge in [-0.05, 0) is 37.5 Å². The molecule has 2 nitrogen and oxygen atoms in total. The van der Waals surface area contributed by atoms with E-state index in [9.17, 15) is 8.78 Å². The Bertz CT molecular complexity index is 416. The van der Waals surface area contributed by atoms with Gasteiger partial charge in [0.15, 0.2) is 0 Å². The standard InChI is InChI=1S/C13H18F2N2/c1-3-17-7-6-9-8-10(4-5-11(9)17)13(2,16)12(14)15/h4-5,8,12H,3,6-7,16H2,1-2H3. The molecule has 0 spiro atoms. The molecule has 17 heavy (non-hydrogen) atoms. The Kier molecular flexibility index (Phi) is 3.08. The van der Waals surface area contributed by atoms with Crippen molar-refractivity contribution in [2.75, 3.05) is 18.0 Å². The molecule has 0 amide bonds. The number of nitrogens with zero attached hydrogens (tertiary/aromatic N) is 1. The maximum Gasteiger partial charge on any atom is 0.260 e. The summed E-state index contributed by atoms with van der Waals surface area (Å²) in [6, 6.07) is 5.46. The van der Waals surface area contributed by atoms with E-state index in [4.69, 9.17) is 5.73 Å². The number of nitrogens with two attached hydrogens (primary N) is 1. The third-order valence-electron chi connectivity index (χ3n) is 3.53. The van der Waals surface area contributed by atoms with Crippen molar-refractivity contribution in [2.24, 2.45) is 5.73 Å². The summed E-state index contributed by atoms with van der Waals surface area (Å²) in [6.45, 7) is 5.38. The highest BCUT2D eigenvalue weighted by molar-refractivity contribution is 5.59. The van der Waals surface area contributed by atoms with Crippen LogP contribution in [-0.4, -0.2) is 19.5 Å². The molecular formula is C13H18F2N2. The molecule has 1 aromatic carbocycles. The van der Waals surface area contributed by atoms with Gasteiger partial charge in [-0.25, -0.2) is 8.78 Å². The van der Waals surface area contributed by atoms with Crippen molar-refractivity contribution in [3.8, 4) is 0 Å². The fourth-order valence-electron chi connectivity index (χ4n) is 2.26. The van der Waals surface area contributed by atoms with Crippen LogP contribution in [0, 0.1) is 0 Å². The molecule has 0 fully saturated rings. The van der Waals surface area contributed by atoms with Gasteiger partial charge in [-0.3, -0.25) is 0 Å². The van der Waals surface area contributed by atoms with E-state index in [0.29, 0.717) is 5.56 Å². The van der Waals surface area contributed by atoms with E-state index < -0.39 is 12.0 Å². The van der Waals surface area contributed by atoms with E-state index in [1.807, 2.05) is 12.1 Å². The van der Waals surface area contributed by atoms with Gasteiger partial charge in [-0.2, -0.15) is 0 Å². The SMILES string of the molecule is CCN1CCc2cc(C(C)(N)C(F)F)ccc21. The van der Waals surface area contributed by atoms with E-state index in [1.165, 1.54) is 6.92 Å². The Labute approximate surface area is 100 Å². The summed E-state index contributed by atoms with van der Waals surface area (Å²) >= 11 is 0. The van der Waals surface area contributed by atoms with Crippen LogP contribution in [0.25, 0.3) is 0 Å². The van der Waals surface area contributed by atoms with Gasteiger partial charge in [0.2, 0.25) is 0 Å². The number of benzene rings is 1. The van der Waals surface area contributed by atoms with Gasteiger partial charge in [0, 0.05) is 18.8 Å². The summed E-state index contributed by atoms with van der Waals surface area (Å²) in [5, 5.41) is 0. The monoisotopic (exact) mass is 240 g/mol. The lowest BCUT2D eigenvalue weighted by molar-refractivity contribution is 0.0625. The van der Waals surface area contributed by atoms with Crippen molar-refractivity contribution >= 4 is 5.69 Å². The third kappa shape index (κ3) is 2.02. The highest BCUT2D eigenvalue weighted by atomic mass is 19.3. The van der Waals surface area contributed by atoms with Gasteiger partial charge >= 0.3 is 0 Å². The normalized spacial score (nSPS) is 18.4. The molecule has 94 valence electrons. The molecule has 1 aromatic rings. The first-order valence-electron chi connectivity index (χ1n) is 5.92. The molecule has 1 atom stereocenters. The predicted octanol–water partition coefficient (Wildman–Crippen LogP) is 2.51. The molecule has 0 radical (unpaired) electrons. The molecule has 1 unspecified atom stereocenters. The minimum absolute atomic E-state index is 0.518. The topological polar surface area (TPSA) is 29.3 Å². The van der Waals surface area contributed by atoms with Gasteiger partial charge < -0.3 is 10.6 Å². The summed E-state index contributed by atoms with van der Waals surface area (Å²) in [7, 11) is 0. The van der Waals surface area contributed by atoms with E-state index in [0.717, 1.165) is 30.8 Å². The average molecular weight is 240 g/mol. The third-order valence-corrected chi connectivity index (χ3v) is 3.53. The Morgan fingerprint density at radius 3 is 2.76 bits per heavy atom. The fourth-order valence-corrected chi connectivity index (χ4v) is 2.26. The molecule has 1 aliphatic heterocycles. The molecule has 2 N–H and O–H groups in total. The zero-order valence-electron chi connectivity index (χ0n) is 10.2. The lowest BCUT2D eigenvalue weighted by atomic mass is 9.92. The molecule has 2 rings (SSSR count). The number of hydrogen-bond acceptors (Lipinski definition) is 2. The second-order valence-electron chi connectivity index (χ2n) is 4.76. The molecule has 0 bridgehead atoms. The van der Waals surface area contributed by atoms with Gasteiger partial charge in [-0.1, -0.05) is 12.1 Å². The molecule has 4 heteroatoms. The molecule has 0 aliphatic carbocycles. The van der Waals surface area contributed by atoms with Crippen molar-refractivity contribution in [3.05, 3.63) is 29.3 Å². The summed E-state index contributed by atoms with van der Waals surface area (Å²) in [6.07, 6.45) is -1.64. The summed E-state index contributed by atoms with van der Waals surface area (Å²) in [4.78, 5) is 2.25. The summed E-state index contributed by atoms with van der Waals surface area (Å²) in [5.41, 5.74) is 6.92. The first-order chi connectivity index (χ1) is 7.96. The van der Waals surface area contributed by atoms with Crippen LogP contribution < -0.4 is 10.6 Å². The minimum Gasteiger partial charge on any atom is -0.371 e. The van der Waals surface area contributed by atoms with E-state index >= 15 is 0 Å². The molecule has 0 saturated carbocycles. The number of hydrogen-bond donors (Lipinski definition) is 1. The van der Waals surface area contributed by atoms with E-state index in [-0.39, 0.29) is 0 Å². The van der Waals surface area contributed by atoms with Crippen molar-refractivity contribution in [3.63, 3.8) is 0 Å². The molecule has 0 saturated heterocycles. The van der Waals surface area contributed by atoms with E-state index in [2.05, 4.69) is 11.8 Å². The zero-order chi connectivity index (χ0) is 12.6.